The van der Waals surface area contributed by atoms with Gasteiger partial charge in [-0.05, 0) is 42.3 Å². The number of aryl methyl sites for hydroxylation is 2. The van der Waals surface area contributed by atoms with E-state index in [0.29, 0.717) is 50.7 Å². The first kappa shape index (κ1) is 23.9. The zero-order valence-electron chi connectivity index (χ0n) is 20.2. The van der Waals surface area contributed by atoms with Crippen LogP contribution in [-0.2, 0) is 26.1 Å². The number of aromatic nitrogens is 6. The largest absolute Gasteiger partial charge is 0.481 e. The van der Waals surface area contributed by atoms with Crippen molar-refractivity contribution in [3.63, 3.8) is 0 Å². The maximum atomic E-state index is 13.4. The molecule has 0 saturated heterocycles. The predicted octanol–water partition coefficient (Wildman–Crippen LogP) is 4.08. The van der Waals surface area contributed by atoms with Gasteiger partial charge in [0.2, 0.25) is 5.88 Å². The fraction of sp³-hybridized carbons (Fsp3) is 0.231. The Morgan fingerprint density at radius 1 is 1.08 bits per heavy atom. The molecular weight excluding hydrogens is 483 g/mol. The predicted molar refractivity (Wildman–Crippen MR) is 134 cm³/mol. The van der Waals surface area contributed by atoms with Gasteiger partial charge in [0.15, 0.2) is 5.60 Å². The Labute approximate surface area is 212 Å². The lowest BCUT2D eigenvalue weighted by Gasteiger charge is -2.29. The van der Waals surface area contributed by atoms with Gasteiger partial charge in [0.05, 0.1) is 35.7 Å². The quantitative estimate of drug-likeness (QED) is 0.373. The molecule has 0 aliphatic heterocycles. The summed E-state index contributed by atoms with van der Waals surface area (Å²) in [4.78, 5) is 9.04. The SMILES string of the molecule is COc1nc2ccc(C(O)(c3cnnn3C)c3cnc(C)n3C)cc2c(Cl)c1Cc1ccc(F)cc1. The van der Waals surface area contributed by atoms with Crippen LogP contribution >= 0.6 is 11.6 Å². The molecule has 36 heavy (non-hydrogen) atoms. The van der Waals surface area contributed by atoms with Crippen LogP contribution < -0.4 is 4.74 Å². The van der Waals surface area contributed by atoms with Gasteiger partial charge in [-0.3, -0.25) is 0 Å². The van der Waals surface area contributed by atoms with E-state index in [1.54, 1.807) is 37.5 Å². The summed E-state index contributed by atoms with van der Waals surface area (Å²) in [7, 11) is 5.09. The van der Waals surface area contributed by atoms with E-state index in [0.717, 1.165) is 11.4 Å². The molecule has 5 aromatic rings. The number of imidazole rings is 1. The molecule has 5 rings (SSSR count). The van der Waals surface area contributed by atoms with Gasteiger partial charge in [-0.25, -0.2) is 19.0 Å². The maximum Gasteiger partial charge on any atom is 0.218 e. The smallest absolute Gasteiger partial charge is 0.218 e. The van der Waals surface area contributed by atoms with E-state index < -0.39 is 5.60 Å². The summed E-state index contributed by atoms with van der Waals surface area (Å²) in [6, 6.07) is 11.6. The summed E-state index contributed by atoms with van der Waals surface area (Å²) in [5, 5.41) is 21.4. The number of hydrogen-bond donors (Lipinski definition) is 1. The maximum absolute atomic E-state index is 13.4. The molecule has 0 saturated carbocycles. The van der Waals surface area contributed by atoms with Crippen molar-refractivity contribution < 1.29 is 14.2 Å². The van der Waals surface area contributed by atoms with Crippen LogP contribution in [0.1, 0.15) is 33.9 Å². The Hall–Kier alpha value is -3.82. The first-order valence-corrected chi connectivity index (χ1v) is 11.6. The van der Waals surface area contributed by atoms with E-state index in [9.17, 15) is 9.50 Å². The fourth-order valence-corrected chi connectivity index (χ4v) is 4.78. The number of methoxy groups -OCH3 is 1. The summed E-state index contributed by atoms with van der Waals surface area (Å²) in [5.74, 6) is 0.815. The topological polar surface area (TPSA) is 90.9 Å². The van der Waals surface area contributed by atoms with Gasteiger partial charge in [0.25, 0.3) is 0 Å². The zero-order valence-corrected chi connectivity index (χ0v) is 21.0. The van der Waals surface area contributed by atoms with E-state index in [2.05, 4.69) is 20.3 Å². The van der Waals surface area contributed by atoms with E-state index >= 15 is 0 Å². The number of halogens is 2. The molecule has 1 unspecified atom stereocenters. The van der Waals surface area contributed by atoms with Gasteiger partial charge in [-0.1, -0.05) is 35.0 Å². The summed E-state index contributed by atoms with van der Waals surface area (Å²) in [6.45, 7) is 1.86. The Morgan fingerprint density at radius 2 is 1.83 bits per heavy atom. The van der Waals surface area contributed by atoms with Crippen molar-refractivity contribution in [3.8, 4) is 5.88 Å². The molecular formula is C26H24ClFN6O2. The number of benzene rings is 2. The third-order valence-electron chi connectivity index (χ3n) is 6.56. The molecule has 0 bridgehead atoms. The molecule has 3 aromatic heterocycles. The zero-order chi connectivity index (χ0) is 25.6. The second-order valence-electron chi connectivity index (χ2n) is 8.65. The van der Waals surface area contributed by atoms with Crippen LogP contribution in [0.25, 0.3) is 10.9 Å². The van der Waals surface area contributed by atoms with Crippen LogP contribution in [0.2, 0.25) is 5.02 Å². The van der Waals surface area contributed by atoms with E-state index in [1.165, 1.54) is 30.1 Å². The van der Waals surface area contributed by atoms with Crippen molar-refractivity contribution in [2.75, 3.05) is 7.11 Å². The number of fused-ring (bicyclic) bond motifs is 1. The van der Waals surface area contributed by atoms with Gasteiger partial charge >= 0.3 is 0 Å². The summed E-state index contributed by atoms with van der Waals surface area (Å²) >= 11 is 6.94. The Morgan fingerprint density at radius 3 is 2.44 bits per heavy atom. The average molecular weight is 507 g/mol. The Bertz CT molecular complexity index is 1580. The highest BCUT2D eigenvalue weighted by atomic mass is 35.5. The van der Waals surface area contributed by atoms with Crippen molar-refractivity contribution in [3.05, 3.63) is 99.6 Å². The first-order valence-electron chi connectivity index (χ1n) is 11.2. The van der Waals surface area contributed by atoms with Gasteiger partial charge in [0, 0.05) is 31.5 Å². The molecule has 0 aliphatic carbocycles. The highest BCUT2D eigenvalue weighted by molar-refractivity contribution is 6.36. The minimum Gasteiger partial charge on any atom is -0.481 e. The van der Waals surface area contributed by atoms with Crippen LogP contribution in [-0.4, -0.2) is 41.7 Å². The lowest BCUT2D eigenvalue weighted by molar-refractivity contribution is 0.108. The molecule has 1 N–H and O–H groups in total. The van der Waals surface area contributed by atoms with Crippen molar-refractivity contribution in [1.82, 2.24) is 29.5 Å². The van der Waals surface area contributed by atoms with Crippen LogP contribution in [0, 0.1) is 12.7 Å². The number of ether oxygens (including phenoxy) is 1. The number of hydrogen-bond acceptors (Lipinski definition) is 6. The molecule has 0 amide bonds. The van der Waals surface area contributed by atoms with Gasteiger partial charge in [0.1, 0.15) is 17.3 Å². The van der Waals surface area contributed by atoms with E-state index in [4.69, 9.17) is 16.3 Å². The van der Waals surface area contributed by atoms with Crippen molar-refractivity contribution in [2.24, 2.45) is 14.1 Å². The van der Waals surface area contributed by atoms with Crippen LogP contribution in [0.15, 0.2) is 54.9 Å². The Kier molecular flexibility index (Phi) is 5.97. The molecule has 0 fully saturated rings. The lowest BCUT2D eigenvalue weighted by Crippen LogP contribution is -2.33. The van der Waals surface area contributed by atoms with Crippen molar-refractivity contribution in [2.45, 2.75) is 18.9 Å². The molecule has 8 nitrogen and oxygen atoms in total. The second kappa shape index (κ2) is 9.00. The molecule has 184 valence electrons. The van der Waals surface area contributed by atoms with Crippen molar-refractivity contribution in [1.29, 1.82) is 0 Å². The molecule has 0 radical (unpaired) electrons. The third-order valence-corrected chi connectivity index (χ3v) is 6.99. The second-order valence-corrected chi connectivity index (χ2v) is 9.03. The summed E-state index contributed by atoms with van der Waals surface area (Å²) in [5.41, 5.74) is 2.07. The monoisotopic (exact) mass is 506 g/mol. The van der Waals surface area contributed by atoms with E-state index in [1.807, 2.05) is 24.6 Å². The molecule has 10 heteroatoms. The van der Waals surface area contributed by atoms with Crippen LogP contribution in [0.4, 0.5) is 4.39 Å². The average Bonchev–Trinajstić information content (AvgIpc) is 3.46. The molecule has 0 spiro atoms. The first-order chi connectivity index (χ1) is 17.2. The van der Waals surface area contributed by atoms with E-state index in [-0.39, 0.29) is 5.82 Å². The Balaban J connectivity index is 1.72. The minimum atomic E-state index is -1.62. The van der Waals surface area contributed by atoms with Gasteiger partial charge < -0.3 is 14.4 Å². The third kappa shape index (κ3) is 3.81. The molecule has 0 aliphatic rings. The molecule has 2 aromatic carbocycles. The van der Waals surface area contributed by atoms with Crippen molar-refractivity contribution >= 4 is 22.5 Å². The summed E-state index contributed by atoms with van der Waals surface area (Å²) < 4.78 is 22.3. The summed E-state index contributed by atoms with van der Waals surface area (Å²) in [6.07, 6.45) is 3.56. The van der Waals surface area contributed by atoms with Crippen LogP contribution in [0.5, 0.6) is 5.88 Å². The number of aliphatic hydroxyl groups is 1. The highest BCUT2D eigenvalue weighted by Gasteiger charge is 2.40. The molecule has 1 atom stereocenters. The lowest BCUT2D eigenvalue weighted by atomic mass is 9.86. The fourth-order valence-electron chi connectivity index (χ4n) is 4.48. The van der Waals surface area contributed by atoms with Gasteiger partial charge in [-0.2, -0.15) is 0 Å². The standard InChI is InChI=1S/C26H24ClFN6O2/c1-15-29-13-22(33(15)2)26(35,23-14-30-32-34(23)3)17-7-10-21-19(12-17)24(27)20(25(31-21)36-4)11-16-5-8-18(28)9-6-16/h5-10,12-14,35H,11H2,1-4H3. The highest BCUT2D eigenvalue weighted by Crippen LogP contribution is 2.40. The van der Waals surface area contributed by atoms with Crippen LogP contribution in [0.3, 0.4) is 0 Å². The number of pyridine rings is 1. The number of nitrogens with zero attached hydrogens (tertiary/aromatic N) is 6. The molecule has 3 heterocycles. The minimum absolute atomic E-state index is 0.313. The number of rotatable bonds is 6. The normalized spacial score (nSPS) is 13.2. The van der Waals surface area contributed by atoms with Gasteiger partial charge in [-0.15, -0.1) is 5.10 Å².